The highest BCUT2D eigenvalue weighted by Gasteiger charge is 2.20. The fourth-order valence-electron chi connectivity index (χ4n) is 2.57. The van der Waals surface area contributed by atoms with Crippen molar-refractivity contribution in [3.8, 4) is 5.75 Å². The number of rotatable bonds is 5. The molecule has 0 saturated heterocycles. The number of ether oxygens (including phenoxy) is 1. The third-order valence-corrected chi connectivity index (χ3v) is 4.06. The number of benzene rings is 1. The van der Waals surface area contributed by atoms with E-state index >= 15 is 0 Å². The van der Waals surface area contributed by atoms with Crippen molar-refractivity contribution < 1.29 is 9.53 Å². The zero-order valence-corrected chi connectivity index (χ0v) is 13.5. The zero-order valence-electron chi connectivity index (χ0n) is 12.8. The predicted octanol–water partition coefficient (Wildman–Crippen LogP) is 3.71. The standard InChI is InChI=1S/C16H21ClN2O2/c1-9(2)12(7-18-10(3)20)13-8-19-15-6-14(17)16(21-4)5-11(13)15/h5-6,8-9,12,19H,7H2,1-4H3,(H,18,20). The summed E-state index contributed by atoms with van der Waals surface area (Å²) in [7, 11) is 1.61. The molecule has 5 heteroatoms. The lowest BCUT2D eigenvalue weighted by Gasteiger charge is -2.21. The minimum Gasteiger partial charge on any atom is -0.495 e. The first-order valence-corrected chi connectivity index (χ1v) is 7.40. The minimum atomic E-state index is -0.0129. The van der Waals surface area contributed by atoms with Gasteiger partial charge in [0, 0.05) is 36.5 Å². The lowest BCUT2D eigenvalue weighted by Crippen LogP contribution is -2.28. The lowest BCUT2D eigenvalue weighted by molar-refractivity contribution is -0.119. The molecule has 1 atom stereocenters. The highest BCUT2D eigenvalue weighted by Crippen LogP contribution is 2.35. The van der Waals surface area contributed by atoms with Crippen LogP contribution in [-0.4, -0.2) is 24.5 Å². The summed E-state index contributed by atoms with van der Waals surface area (Å²) >= 11 is 6.16. The van der Waals surface area contributed by atoms with Crippen LogP contribution in [0.3, 0.4) is 0 Å². The summed E-state index contributed by atoms with van der Waals surface area (Å²) in [5.41, 5.74) is 2.15. The summed E-state index contributed by atoms with van der Waals surface area (Å²) in [6.45, 7) is 6.46. The number of fused-ring (bicyclic) bond motifs is 1. The van der Waals surface area contributed by atoms with Crippen LogP contribution in [0.2, 0.25) is 5.02 Å². The molecular formula is C16H21ClN2O2. The van der Waals surface area contributed by atoms with Crippen LogP contribution < -0.4 is 10.1 Å². The van der Waals surface area contributed by atoms with E-state index in [2.05, 4.69) is 24.1 Å². The van der Waals surface area contributed by atoms with E-state index in [0.29, 0.717) is 23.2 Å². The first kappa shape index (κ1) is 15.7. The van der Waals surface area contributed by atoms with Gasteiger partial charge in [0.1, 0.15) is 5.75 Å². The van der Waals surface area contributed by atoms with Crippen molar-refractivity contribution in [1.29, 1.82) is 0 Å². The maximum atomic E-state index is 11.2. The van der Waals surface area contributed by atoms with Crippen molar-refractivity contribution >= 4 is 28.4 Å². The van der Waals surface area contributed by atoms with Crippen molar-refractivity contribution in [2.24, 2.45) is 5.92 Å². The molecule has 2 aromatic rings. The molecule has 2 rings (SSSR count). The number of aromatic nitrogens is 1. The van der Waals surface area contributed by atoms with Gasteiger partial charge in [-0.05, 0) is 23.6 Å². The quantitative estimate of drug-likeness (QED) is 0.884. The van der Waals surface area contributed by atoms with Crippen molar-refractivity contribution in [1.82, 2.24) is 10.3 Å². The molecule has 0 aliphatic heterocycles. The largest absolute Gasteiger partial charge is 0.495 e. The van der Waals surface area contributed by atoms with Crippen LogP contribution in [0, 0.1) is 5.92 Å². The molecule has 2 N–H and O–H groups in total. The van der Waals surface area contributed by atoms with Crippen molar-refractivity contribution in [2.45, 2.75) is 26.7 Å². The number of aromatic amines is 1. The van der Waals surface area contributed by atoms with Crippen LogP contribution in [0.15, 0.2) is 18.3 Å². The number of carbonyl (C=O) groups is 1. The Morgan fingerprint density at radius 3 is 2.71 bits per heavy atom. The normalized spacial score (nSPS) is 12.7. The second-order valence-electron chi connectivity index (χ2n) is 5.56. The molecule has 1 aromatic carbocycles. The summed E-state index contributed by atoms with van der Waals surface area (Å²) in [4.78, 5) is 14.4. The highest BCUT2D eigenvalue weighted by atomic mass is 35.5. The fraction of sp³-hybridized carbons (Fsp3) is 0.438. The summed E-state index contributed by atoms with van der Waals surface area (Å²) in [5, 5.41) is 4.58. The summed E-state index contributed by atoms with van der Waals surface area (Å²) in [5.74, 6) is 1.28. The van der Waals surface area contributed by atoms with Crippen LogP contribution in [0.1, 0.15) is 32.3 Å². The Morgan fingerprint density at radius 2 is 2.14 bits per heavy atom. The SMILES string of the molecule is COc1cc2c(C(CNC(C)=O)C(C)C)c[nH]c2cc1Cl. The van der Waals surface area contributed by atoms with Crippen molar-refractivity contribution in [3.63, 3.8) is 0 Å². The molecule has 0 radical (unpaired) electrons. The van der Waals surface area contributed by atoms with Crippen LogP contribution in [0.5, 0.6) is 5.75 Å². The molecule has 0 saturated carbocycles. The molecule has 114 valence electrons. The second-order valence-corrected chi connectivity index (χ2v) is 5.97. The van der Waals surface area contributed by atoms with E-state index in [4.69, 9.17) is 16.3 Å². The maximum Gasteiger partial charge on any atom is 0.216 e. The molecular weight excluding hydrogens is 288 g/mol. The van der Waals surface area contributed by atoms with Gasteiger partial charge >= 0.3 is 0 Å². The van der Waals surface area contributed by atoms with Gasteiger partial charge in [-0.1, -0.05) is 25.4 Å². The minimum absolute atomic E-state index is 0.0129. The van der Waals surface area contributed by atoms with Gasteiger partial charge in [-0.15, -0.1) is 0 Å². The predicted molar refractivity (Wildman–Crippen MR) is 86.1 cm³/mol. The summed E-state index contributed by atoms with van der Waals surface area (Å²) in [6, 6.07) is 3.82. The van der Waals surface area contributed by atoms with Crippen LogP contribution in [0.4, 0.5) is 0 Å². The first-order chi connectivity index (χ1) is 9.93. The smallest absolute Gasteiger partial charge is 0.216 e. The van der Waals surface area contributed by atoms with Gasteiger partial charge in [0.15, 0.2) is 0 Å². The molecule has 0 bridgehead atoms. The number of hydrogen-bond donors (Lipinski definition) is 2. The van der Waals surface area contributed by atoms with E-state index in [0.717, 1.165) is 10.9 Å². The van der Waals surface area contributed by atoms with Crippen LogP contribution in [0.25, 0.3) is 10.9 Å². The van der Waals surface area contributed by atoms with E-state index in [1.807, 2.05) is 18.3 Å². The van der Waals surface area contributed by atoms with Gasteiger partial charge in [-0.2, -0.15) is 0 Å². The molecule has 4 nitrogen and oxygen atoms in total. The number of amides is 1. The topological polar surface area (TPSA) is 54.1 Å². The third-order valence-electron chi connectivity index (χ3n) is 3.76. The average Bonchev–Trinajstić information content (AvgIpc) is 2.80. The number of nitrogens with one attached hydrogen (secondary N) is 2. The van der Waals surface area contributed by atoms with Crippen LogP contribution >= 0.6 is 11.6 Å². The molecule has 1 heterocycles. The van der Waals surface area contributed by atoms with E-state index in [1.165, 1.54) is 12.5 Å². The van der Waals surface area contributed by atoms with Gasteiger partial charge in [0.25, 0.3) is 0 Å². The molecule has 0 aliphatic carbocycles. The second kappa shape index (κ2) is 6.39. The van der Waals surface area contributed by atoms with Crippen molar-refractivity contribution in [3.05, 3.63) is 28.9 Å². The van der Waals surface area contributed by atoms with Gasteiger partial charge in [0.05, 0.1) is 12.1 Å². The first-order valence-electron chi connectivity index (χ1n) is 7.03. The Kier molecular flexibility index (Phi) is 4.78. The van der Waals surface area contributed by atoms with Gasteiger partial charge < -0.3 is 15.0 Å². The number of H-pyrrole nitrogens is 1. The number of carbonyl (C=O) groups excluding carboxylic acids is 1. The summed E-state index contributed by atoms with van der Waals surface area (Å²) < 4.78 is 5.30. The monoisotopic (exact) mass is 308 g/mol. The van der Waals surface area contributed by atoms with E-state index in [-0.39, 0.29) is 11.8 Å². The Bertz CT molecular complexity index is 649. The van der Waals surface area contributed by atoms with Crippen LogP contribution in [-0.2, 0) is 4.79 Å². The average molecular weight is 309 g/mol. The molecule has 0 fully saturated rings. The van der Waals surface area contributed by atoms with Gasteiger partial charge in [-0.3, -0.25) is 4.79 Å². The number of halogens is 1. The van der Waals surface area contributed by atoms with Crippen molar-refractivity contribution in [2.75, 3.05) is 13.7 Å². The number of hydrogen-bond acceptors (Lipinski definition) is 2. The van der Waals surface area contributed by atoms with E-state index < -0.39 is 0 Å². The Morgan fingerprint density at radius 1 is 1.43 bits per heavy atom. The van der Waals surface area contributed by atoms with Gasteiger partial charge in [0.2, 0.25) is 5.91 Å². The molecule has 1 unspecified atom stereocenters. The van der Waals surface area contributed by atoms with Gasteiger partial charge in [-0.25, -0.2) is 0 Å². The molecule has 0 spiro atoms. The Labute approximate surface area is 129 Å². The highest BCUT2D eigenvalue weighted by molar-refractivity contribution is 6.32. The third kappa shape index (κ3) is 3.32. The molecule has 21 heavy (non-hydrogen) atoms. The number of methoxy groups -OCH3 is 1. The maximum absolute atomic E-state index is 11.2. The summed E-state index contributed by atoms with van der Waals surface area (Å²) in [6.07, 6.45) is 1.99. The molecule has 1 amide bonds. The Hall–Kier alpha value is -1.68. The molecule has 0 aliphatic rings. The zero-order chi connectivity index (χ0) is 15.6. The fourth-order valence-corrected chi connectivity index (χ4v) is 2.81. The van der Waals surface area contributed by atoms with E-state index in [9.17, 15) is 4.79 Å². The molecule has 1 aromatic heterocycles. The van der Waals surface area contributed by atoms with E-state index in [1.54, 1.807) is 7.11 Å². The Balaban J connectivity index is 2.45. The lowest BCUT2D eigenvalue weighted by atomic mass is 9.88.